The number of hydrogen-bond donors (Lipinski definition) is 1. The van der Waals surface area contributed by atoms with Gasteiger partial charge in [-0.1, -0.05) is 30.3 Å². The number of amides is 2. The van der Waals surface area contributed by atoms with E-state index in [1.54, 1.807) is 7.11 Å². The summed E-state index contributed by atoms with van der Waals surface area (Å²) >= 11 is 0. The fourth-order valence-electron chi connectivity index (χ4n) is 3.68. The molecule has 0 atom stereocenters. The lowest BCUT2D eigenvalue weighted by Crippen LogP contribution is -2.39. The zero-order valence-corrected chi connectivity index (χ0v) is 17.3. The Hall–Kier alpha value is -3.32. The van der Waals surface area contributed by atoms with E-state index in [1.807, 2.05) is 71.2 Å². The van der Waals surface area contributed by atoms with Gasteiger partial charge in [0.05, 0.1) is 32.6 Å². The minimum atomic E-state index is -0.120. The van der Waals surface area contributed by atoms with Crippen LogP contribution in [0.4, 0.5) is 10.5 Å². The van der Waals surface area contributed by atoms with E-state index in [4.69, 9.17) is 9.47 Å². The fraction of sp³-hybridized carbons (Fsp3) is 0.304. The molecular weight excluding hydrogens is 380 g/mol. The van der Waals surface area contributed by atoms with Gasteiger partial charge in [-0.05, 0) is 29.8 Å². The molecule has 7 heteroatoms. The number of benzene rings is 2. The highest BCUT2D eigenvalue weighted by molar-refractivity contribution is 5.89. The Balaban J connectivity index is 1.40. The molecule has 2 amide bonds. The minimum Gasteiger partial charge on any atom is -0.497 e. The first kappa shape index (κ1) is 20.0. The summed E-state index contributed by atoms with van der Waals surface area (Å²) in [6, 6.07) is 17.3. The number of ether oxygens (including phenoxy) is 2. The van der Waals surface area contributed by atoms with Crippen molar-refractivity contribution in [2.75, 3.05) is 19.0 Å². The zero-order chi connectivity index (χ0) is 20.9. The van der Waals surface area contributed by atoms with Crippen molar-refractivity contribution < 1.29 is 14.3 Å². The lowest BCUT2D eigenvalue weighted by atomic mass is 10.1. The summed E-state index contributed by atoms with van der Waals surface area (Å²) in [5.41, 5.74) is 5.01. The highest BCUT2D eigenvalue weighted by Crippen LogP contribution is 2.24. The SMILES string of the molecule is COc1ccc(NC(=O)N2CCc3c(c(COCc4ccccc4)nn3C)C2)cc1. The predicted molar refractivity (Wildman–Crippen MR) is 114 cm³/mol. The van der Waals surface area contributed by atoms with Gasteiger partial charge < -0.3 is 19.7 Å². The highest BCUT2D eigenvalue weighted by Gasteiger charge is 2.26. The summed E-state index contributed by atoms with van der Waals surface area (Å²) in [6.07, 6.45) is 0.771. The van der Waals surface area contributed by atoms with Gasteiger partial charge in [-0.2, -0.15) is 5.10 Å². The number of anilines is 1. The van der Waals surface area contributed by atoms with Crippen molar-refractivity contribution in [1.29, 1.82) is 0 Å². The third-order valence-corrected chi connectivity index (χ3v) is 5.30. The van der Waals surface area contributed by atoms with Crippen LogP contribution in [-0.4, -0.2) is 34.4 Å². The van der Waals surface area contributed by atoms with Crippen molar-refractivity contribution in [1.82, 2.24) is 14.7 Å². The van der Waals surface area contributed by atoms with Gasteiger partial charge >= 0.3 is 6.03 Å². The number of aryl methyl sites for hydroxylation is 1. The van der Waals surface area contributed by atoms with Crippen LogP contribution >= 0.6 is 0 Å². The van der Waals surface area contributed by atoms with E-state index in [2.05, 4.69) is 10.4 Å². The van der Waals surface area contributed by atoms with Gasteiger partial charge in [0.25, 0.3) is 0 Å². The third-order valence-electron chi connectivity index (χ3n) is 5.30. The van der Waals surface area contributed by atoms with Crippen molar-refractivity contribution in [3.8, 4) is 5.75 Å². The van der Waals surface area contributed by atoms with E-state index in [-0.39, 0.29) is 6.03 Å². The van der Waals surface area contributed by atoms with Gasteiger partial charge in [0.2, 0.25) is 0 Å². The number of carbonyl (C=O) groups is 1. The molecule has 0 fully saturated rings. The van der Waals surface area contributed by atoms with Crippen LogP contribution < -0.4 is 10.1 Å². The number of fused-ring (bicyclic) bond motifs is 1. The molecule has 30 heavy (non-hydrogen) atoms. The topological polar surface area (TPSA) is 68.6 Å². The van der Waals surface area contributed by atoms with Crippen molar-refractivity contribution in [3.63, 3.8) is 0 Å². The number of rotatable bonds is 6. The number of carbonyl (C=O) groups excluding carboxylic acids is 1. The number of hydrogen-bond acceptors (Lipinski definition) is 4. The van der Waals surface area contributed by atoms with E-state index in [9.17, 15) is 4.79 Å². The minimum absolute atomic E-state index is 0.120. The highest BCUT2D eigenvalue weighted by atomic mass is 16.5. The normalized spacial score (nSPS) is 13.1. The molecule has 4 rings (SSSR count). The van der Waals surface area contributed by atoms with Crippen LogP contribution in [0.5, 0.6) is 5.75 Å². The molecule has 156 valence electrons. The zero-order valence-electron chi connectivity index (χ0n) is 17.3. The molecule has 1 aliphatic rings. The van der Waals surface area contributed by atoms with Gasteiger partial charge in [-0.15, -0.1) is 0 Å². The number of urea groups is 1. The van der Waals surface area contributed by atoms with Crippen molar-refractivity contribution in [3.05, 3.63) is 77.1 Å². The monoisotopic (exact) mass is 406 g/mol. The van der Waals surface area contributed by atoms with Crippen LogP contribution in [0.1, 0.15) is 22.5 Å². The van der Waals surface area contributed by atoms with Gasteiger partial charge in [0, 0.05) is 37.0 Å². The molecule has 2 aromatic carbocycles. The summed E-state index contributed by atoms with van der Waals surface area (Å²) in [5.74, 6) is 0.756. The van der Waals surface area contributed by atoms with E-state index >= 15 is 0 Å². The summed E-state index contributed by atoms with van der Waals surface area (Å²) in [5, 5.41) is 7.60. The first-order valence-corrected chi connectivity index (χ1v) is 9.99. The summed E-state index contributed by atoms with van der Waals surface area (Å²) < 4.78 is 13.0. The van der Waals surface area contributed by atoms with E-state index in [0.717, 1.165) is 34.7 Å². The van der Waals surface area contributed by atoms with Gasteiger partial charge in [-0.25, -0.2) is 4.79 Å². The summed E-state index contributed by atoms with van der Waals surface area (Å²) in [6.45, 7) is 2.13. The van der Waals surface area contributed by atoms with Gasteiger partial charge in [0.1, 0.15) is 5.75 Å². The molecule has 0 unspecified atom stereocenters. The molecule has 3 aromatic rings. The average molecular weight is 406 g/mol. The quantitative estimate of drug-likeness (QED) is 0.677. The maximum atomic E-state index is 12.8. The number of aromatic nitrogens is 2. The molecule has 0 bridgehead atoms. The maximum absolute atomic E-state index is 12.8. The maximum Gasteiger partial charge on any atom is 0.322 e. The number of nitrogens with zero attached hydrogens (tertiary/aromatic N) is 3. The average Bonchev–Trinajstić information content (AvgIpc) is 3.10. The second-order valence-corrected chi connectivity index (χ2v) is 7.30. The largest absolute Gasteiger partial charge is 0.497 e. The molecule has 0 saturated carbocycles. The lowest BCUT2D eigenvalue weighted by Gasteiger charge is -2.28. The van der Waals surface area contributed by atoms with E-state index in [0.29, 0.717) is 26.3 Å². The summed E-state index contributed by atoms with van der Waals surface area (Å²) in [7, 11) is 3.57. The molecular formula is C23H26N4O3. The first-order valence-electron chi connectivity index (χ1n) is 9.99. The Morgan fingerprint density at radius 2 is 1.87 bits per heavy atom. The van der Waals surface area contributed by atoms with Crippen LogP contribution in [-0.2, 0) is 38.0 Å². The fourth-order valence-corrected chi connectivity index (χ4v) is 3.68. The Labute approximate surface area is 176 Å². The smallest absolute Gasteiger partial charge is 0.322 e. The van der Waals surface area contributed by atoms with Crippen molar-refractivity contribution >= 4 is 11.7 Å². The van der Waals surface area contributed by atoms with Crippen LogP contribution in [0.15, 0.2) is 54.6 Å². The second kappa shape index (κ2) is 9.00. The predicted octanol–water partition coefficient (Wildman–Crippen LogP) is 3.74. The number of nitrogens with one attached hydrogen (secondary N) is 1. The first-order chi connectivity index (χ1) is 14.6. The van der Waals surface area contributed by atoms with E-state index < -0.39 is 0 Å². The molecule has 1 N–H and O–H groups in total. The molecule has 1 aromatic heterocycles. The van der Waals surface area contributed by atoms with E-state index in [1.165, 1.54) is 5.69 Å². The van der Waals surface area contributed by atoms with Crippen LogP contribution in [0, 0.1) is 0 Å². The Kier molecular flexibility index (Phi) is 5.99. The molecule has 0 spiro atoms. The van der Waals surface area contributed by atoms with Crippen molar-refractivity contribution in [2.45, 2.75) is 26.2 Å². The molecule has 7 nitrogen and oxygen atoms in total. The van der Waals surface area contributed by atoms with Gasteiger partial charge in [0.15, 0.2) is 0 Å². The van der Waals surface area contributed by atoms with Crippen molar-refractivity contribution in [2.24, 2.45) is 7.05 Å². The summed E-state index contributed by atoms with van der Waals surface area (Å²) in [4.78, 5) is 14.6. The molecule has 0 radical (unpaired) electrons. The van der Waals surface area contributed by atoms with Crippen LogP contribution in [0.2, 0.25) is 0 Å². The molecule has 0 saturated heterocycles. The molecule has 2 heterocycles. The second-order valence-electron chi connectivity index (χ2n) is 7.30. The van der Waals surface area contributed by atoms with Gasteiger partial charge in [-0.3, -0.25) is 4.68 Å². The molecule has 0 aliphatic carbocycles. The number of methoxy groups -OCH3 is 1. The Morgan fingerprint density at radius 1 is 1.10 bits per heavy atom. The van der Waals surface area contributed by atoms with Crippen LogP contribution in [0.25, 0.3) is 0 Å². The molecule has 1 aliphatic heterocycles. The standard InChI is InChI=1S/C23H26N4O3/c1-26-22-12-13-27(23(28)24-18-8-10-19(29-2)11-9-18)14-20(22)21(25-26)16-30-15-17-6-4-3-5-7-17/h3-11H,12-16H2,1-2H3,(H,24,28). The Bertz CT molecular complexity index is 999. The Morgan fingerprint density at radius 3 is 2.60 bits per heavy atom. The lowest BCUT2D eigenvalue weighted by molar-refractivity contribution is 0.103. The van der Waals surface area contributed by atoms with Crippen LogP contribution in [0.3, 0.4) is 0 Å². The third kappa shape index (κ3) is 4.46.